The summed E-state index contributed by atoms with van der Waals surface area (Å²) in [7, 11) is 0. The van der Waals surface area contributed by atoms with Gasteiger partial charge in [0.2, 0.25) is 0 Å². The number of likely N-dealkylation sites (tertiary alicyclic amines) is 1. The van der Waals surface area contributed by atoms with Gasteiger partial charge in [-0.05, 0) is 68.0 Å². The van der Waals surface area contributed by atoms with Crippen LogP contribution in [0.3, 0.4) is 0 Å². The summed E-state index contributed by atoms with van der Waals surface area (Å²) < 4.78 is 5.97. The van der Waals surface area contributed by atoms with Crippen LogP contribution in [-0.2, 0) is 0 Å². The molecule has 1 fully saturated rings. The Balaban J connectivity index is 1.82. The fourth-order valence-electron chi connectivity index (χ4n) is 2.77. The molecule has 1 heterocycles. The average molecular weight is 275 g/mol. The molecule has 1 aliphatic rings. The summed E-state index contributed by atoms with van der Waals surface area (Å²) in [6, 6.07) is 6.59. The predicted molar refractivity (Wildman–Crippen MR) is 85.6 cm³/mol. The molecule has 0 aliphatic carbocycles. The molecule has 0 unspecified atom stereocenters. The molecule has 1 aliphatic heterocycles. The maximum atomic E-state index is 5.97. The highest BCUT2D eigenvalue weighted by Crippen LogP contribution is 2.23. The van der Waals surface area contributed by atoms with Gasteiger partial charge in [0.1, 0.15) is 12.4 Å². The third-order valence-electron chi connectivity index (χ3n) is 4.29. The average Bonchev–Trinajstić information content (AvgIpc) is 2.40. The van der Waals surface area contributed by atoms with Gasteiger partial charge in [-0.15, -0.1) is 0 Å². The van der Waals surface area contributed by atoms with Gasteiger partial charge in [0.15, 0.2) is 0 Å². The molecule has 0 N–H and O–H groups in total. The van der Waals surface area contributed by atoms with Gasteiger partial charge in [0, 0.05) is 6.54 Å². The molecular formula is C18H29NO. The summed E-state index contributed by atoms with van der Waals surface area (Å²) in [4.78, 5) is 2.53. The Morgan fingerprint density at radius 2 is 1.90 bits per heavy atom. The molecule has 2 heteroatoms. The van der Waals surface area contributed by atoms with E-state index in [0.29, 0.717) is 5.92 Å². The van der Waals surface area contributed by atoms with Gasteiger partial charge >= 0.3 is 0 Å². The number of hydrogen-bond acceptors (Lipinski definition) is 2. The lowest BCUT2D eigenvalue weighted by atomic mass is 9.99. The first kappa shape index (κ1) is 15.4. The lowest BCUT2D eigenvalue weighted by Gasteiger charge is -2.29. The number of aryl methyl sites for hydroxylation is 1. The van der Waals surface area contributed by atoms with Crippen molar-refractivity contribution < 1.29 is 4.74 Å². The molecule has 1 aromatic carbocycles. The zero-order valence-electron chi connectivity index (χ0n) is 13.5. The molecule has 1 aromatic rings. The number of piperidine rings is 1. The maximum absolute atomic E-state index is 5.97. The standard InChI is InChI=1S/C18H29NO/c1-14(2)17-11-16(4)12-18(13-17)20-10-9-19-7-5-15(3)6-8-19/h11-15H,5-10H2,1-4H3. The molecule has 2 rings (SSSR count). The molecule has 0 atom stereocenters. The monoisotopic (exact) mass is 275 g/mol. The highest BCUT2D eigenvalue weighted by atomic mass is 16.5. The van der Waals surface area contributed by atoms with Crippen LogP contribution in [0.5, 0.6) is 5.75 Å². The van der Waals surface area contributed by atoms with Crippen molar-refractivity contribution in [1.29, 1.82) is 0 Å². The number of ether oxygens (including phenoxy) is 1. The first-order valence-electron chi connectivity index (χ1n) is 8.01. The Hall–Kier alpha value is -1.02. The second-order valence-corrected chi connectivity index (χ2v) is 6.61. The highest BCUT2D eigenvalue weighted by molar-refractivity contribution is 5.35. The minimum Gasteiger partial charge on any atom is -0.492 e. The molecule has 0 saturated carbocycles. The van der Waals surface area contributed by atoms with E-state index >= 15 is 0 Å². The van der Waals surface area contributed by atoms with Crippen molar-refractivity contribution in [2.45, 2.75) is 46.5 Å². The first-order valence-corrected chi connectivity index (χ1v) is 8.01. The molecule has 1 saturated heterocycles. The fourth-order valence-corrected chi connectivity index (χ4v) is 2.77. The van der Waals surface area contributed by atoms with Crippen LogP contribution in [0.2, 0.25) is 0 Å². The smallest absolute Gasteiger partial charge is 0.119 e. The van der Waals surface area contributed by atoms with E-state index in [1.807, 2.05) is 0 Å². The Kier molecular flexibility index (Phi) is 5.47. The zero-order chi connectivity index (χ0) is 14.5. The lowest BCUT2D eigenvalue weighted by molar-refractivity contribution is 0.160. The molecule has 0 amide bonds. The third-order valence-corrected chi connectivity index (χ3v) is 4.29. The van der Waals surface area contributed by atoms with Gasteiger partial charge < -0.3 is 4.74 Å². The van der Waals surface area contributed by atoms with E-state index in [1.54, 1.807) is 0 Å². The highest BCUT2D eigenvalue weighted by Gasteiger charge is 2.15. The van der Waals surface area contributed by atoms with Crippen molar-refractivity contribution in [3.63, 3.8) is 0 Å². The van der Waals surface area contributed by atoms with Gasteiger partial charge in [0.05, 0.1) is 0 Å². The van der Waals surface area contributed by atoms with Crippen LogP contribution in [0.4, 0.5) is 0 Å². The fraction of sp³-hybridized carbons (Fsp3) is 0.667. The SMILES string of the molecule is Cc1cc(OCCN2CCC(C)CC2)cc(C(C)C)c1. The summed E-state index contributed by atoms with van der Waals surface area (Å²) >= 11 is 0. The predicted octanol–water partition coefficient (Wildman–Crippen LogP) is 4.23. The molecule has 0 bridgehead atoms. The Morgan fingerprint density at radius 1 is 1.20 bits per heavy atom. The molecular weight excluding hydrogens is 246 g/mol. The van der Waals surface area contributed by atoms with Crippen LogP contribution in [-0.4, -0.2) is 31.1 Å². The van der Waals surface area contributed by atoms with Crippen LogP contribution < -0.4 is 4.74 Å². The van der Waals surface area contributed by atoms with E-state index in [1.165, 1.54) is 37.1 Å². The van der Waals surface area contributed by atoms with Crippen LogP contribution in [0, 0.1) is 12.8 Å². The molecule has 0 aromatic heterocycles. The number of benzene rings is 1. The van der Waals surface area contributed by atoms with E-state index in [9.17, 15) is 0 Å². The van der Waals surface area contributed by atoms with Crippen LogP contribution in [0.25, 0.3) is 0 Å². The van der Waals surface area contributed by atoms with Gasteiger partial charge in [-0.25, -0.2) is 0 Å². The van der Waals surface area contributed by atoms with Crippen molar-refractivity contribution in [2.24, 2.45) is 5.92 Å². The van der Waals surface area contributed by atoms with Crippen LogP contribution in [0.1, 0.15) is 50.7 Å². The molecule has 2 nitrogen and oxygen atoms in total. The van der Waals surface area contributed by atoms with E-state index in [2.05, 4.69) is 50.8 Å². The molecule has 0 radical (unpaired) electrons. The first-order chi connectivity index (χ1) is 9.54. The van der Waals surface area contributed by atoms with Crippen molar-refractivity contribution in [3.8, 4) is 5.75 Å². The van der Waals surface area contributed by atoms with Gasteiger partial charge in [-0.1, -0.05) is 26.8 Å². The quantitative estimate of drug-likeness (QED) is 0.797. The van der Waals surface area contributed by atoms with Gasteiger partial charge in [-0.2, -0.15) is 0 Å². The van der Waals surface area contributed by atoms with Crippen molar-refractivity contribution in [3.05, 3.63) is 29.3 Å². The molecule has 112 valence electrons. The Morgan fingerprint density at radius 3 is 2.55 bits per heavy atom. The summed E-state index contributed by atoms with van der Waals surface area (Å²) in [5.74, 6) is 2.48. The normalized spacial score (nSPS) is 17.6. The van der Waals surface area contributed by atoms with E-state index < -0.39 is 0 Å². The second kappa shape index (κ2) is 7.12. The summed E-state index contributed by atoms with van der Waals surface area (Å²) in [6.07, 6.45) is 2.67. The van der Waals surface area contributed by atoms with Gasteiger partial charge in [0.25, 0.3) is 0 Å². The zero-order valence-corrected chi connectivity index (χ0v) is 13.5. The lowest BCUT2D eigenvalue weighted by Crippen LogP contribution is -2.35. The minimum absolute atomic E-state index is 0.556. The molecule has 0 spiro atoms. The van der Waals surface area contributed by atoms with Crippen LogP contribution in [0.15, 0.2) is 18.2 Å². The van der Waals surface area contributed by atoms with Gasteiger partial charge in [-0.3, -0.25) is 4.90 Å². The number of hydrogen-bond donors (Lipinski definition) is 0. The summed E-state index contributed by atoms with van der Waals surface area (Å²) in [6.45, 7) is 13.3. The Bertz CT molecular complexity index is 419. The van der Waals surface area contributed by atoms with Crippen LogP contribution >= 0.6 is 0 Å². The van der Waals surface area contributed by atoms with Crippen molar-refractivity contribution >= 4 is 0 Å². The minimum atomic E-state index is 0.556. The third kappa shape index (κ3) is 4.52. The summed E-state index contributed by atoms with van der Waals surface area (Å²) in [5, 5.41) is 0. The largest absolute Gasteiger partial charge is 0.492 e. The topological polar surface area (TPSA) is 12.5 Å². The summed E-state index contributed by atoms with van der Waals surface area (Å²) in [5.41, 5.74) is 2.66. The van der Waals surface area contributed by atoms with Crippen molar-refractivity contribution in [2.75, 3.05) is 26.2 Å². The molecule has 20 heavy (non-hydrogen) atoms. The van der Waals surface area contributed by atoms with E-state index in [4.69, 9.17) is 4.74 Å². The maximum Gasteiger partial charge on any atom is 0.119 e. The second-order valence-electron chi connectivity index (χ2n) is 6.61. The number of nitrogens with zero attached hydrogens (tertiary/aromatic N) is 1. The number of rotatable bonds is 5. The Labute approximate surface area is 124 Å². The van der Waals surface area contributed by atoms with E-state index in [0.717, 1.165) is 24.8 Å². The van der Waals surface area contributed by atoms with E-state index in [-0.39, 0.29) is 0 Å². The van der Waals surface area contributed by atoms with Crippen molar-refractivity contribution in [1.82, 2.24) is 4.90 Å².